The van der Waals surface area contributed by atoms with Crippen LogP contribution in [0.15, 0.2) is 48.5 Å². The molecule has 0 unspecified atom stereocenters. The quantitative estimate of drug-likeness (QED) is 0.847. The number of rotatable bonds is 2. The maximum absolute atomic E-state index is 13.8. The van der Waals surface area contributed by atoms with Crippen molar-refractivity contribution in [1.82, 2.24) is 0 Å². The third-order valence-electron chi connectivity index (χ3n) is 3.84. The van der Waals surface area contributed by atoms with Crippen LogP contribution in [-0.4, -0.2) is 26.2 Å². The summed E-state index contributed by atoms with van der Waals surface area (Å²) in [5, 5.41) is 9.18. The molecule has 3 rings (SSSR count). The average molecular weight is 281 g/mol. The third kappa shape index (κ3) is 2.68. The van der Waals surface area contributed by atoms with Gasteiger partial charge in [0.1, 0.15) is 11.9 Å². The van der Waals surface area contributed by atoms with Crippen molar-refractivity contribution in [2.24, 2.45) is 0 Å². The lowest BCUT2D eigenvalue weighted by molar-refractivity contribution is 0.598. The van der Waals surface area contributed by atoms with Crippen LogP contribution < -0.4 is 9.80 Å². The fourth-order valence-corrected chi connectivity index (χ4v) is 2.74. The topological polar surface area (TPSA) is 30.3 Å². The minimum Gasteiger partial charge on any atom is -0.367 e. The SMILES string of the molecule is N#Cc1ccccc1N1CCN(c2ccccc2F)CC1. The Kier molecular flexibility index (Phi) is 3.74. The molecule has 4 heteroatoms. The van der Waals surface area contributed by atoms with Crippen LogP contribution in [-0.2, 0) is 0 Å². The second kappa shape index (κ2) is 5.84. The summed E-state index contributed by atoms with van der Waals surface area (Å²) < 4.78 is 13.8. The molecule has 1 heterocycles. The van der Waals surface area contributed by atoms with Crippen molar-refractivity contribution in [3.8, 4) is 6.07 Å². The van der Waals surface area contributed by atoms with Gasteiger partial charge in [0.05, 0.1) is 16.9 Å². The third-order valence-corrected chi connectivity index (χ3v) is 3.84. The highest BCUT2D eigenvalue weighted by Crippen LogP contribution is 2.24. The first-order valence-electron chi connectivity index (χ1n) is 7.03. The lowest BCUT2D eigenvalue weighted by atomic mass is 10.1. The maximum atomic E-state index is 13.8. The fourth-order valence-electron chi connectivity index (χ4n) is 2.74. The molecule has 0 N–H and O–H groups in total. The standard InChI is InChI=1S/C17H16FN3/c18-15-6-2-4-8-17(15)21-11-9-20(10-12-21)16-7-3-1-5-14(16)13-19/h1-8H,9-12H2. The number of nitriles is 1. The normalized spacial score (nSPS) is 14.9. The Labute approximate surface area is 123 Å². The zero-order valence-electron chi connectivity index (χ0n) is 11.7. The first-order chi connectivity index (χ1) is 10.3. The predicted octanol–water partition coefficient (Wildman–Crippen LogP) is 3.02. The molecular weight excluding hydrogens is 265 g/mol. The van der Waals surface area contributed by atoms with Crippen molar-refractivity contribution in [2.45, 2.75) is 0 Å². The summed E-state index contributed by atoms with van der Waals surface area (Å²) in [6.45, 7) is 3.07. The molecule has 0 saturated carbocycles. The summed E-state index contributed by atoms with van der Waals surface area (Å²) in [6.07, 6.45) is 0. The highest BCUT2D eigenvalue weighted by atomic mass is 19.1. The molecule has 1 aliphatic rings. The van der Waals surface area contributed by atoms with Crippen molar-refractivity contribution >= 4 is 11.4 Å². The Hall–Kier alpha value is -2.54. The van der Waals surface area contributed by atoms with E-state index in [0.717, 1.165) is 31.9 Å². The van der Waals surface area contributed by atoms with Gasteiger partial charge in [-0.15, -0.1) is 0 Å². The first kappa shape index (κ1) is 13.4. The van der Waals surface area contributed by atoms with E-state index < -0.39 is 0 Å². The number of anilines is 2. The number of benzene rings is 2. The predicted molar refractivity (Wildman–Crippen MR) is 82.0 cm³/mol. The lowest BCUT2D eigenvalue weighted by Gasteiger charge is -2.37. The maximum Gasteiger partial charge on any atom is 0.146 e. The van der Waals surface area contributed by atoms with E-state index in [2.05, 4.69) is 15.9 Å². The van der Waals surface area contributed by atoms with Gasteiger partial charge in [-0.05, 0) is 24.3 Å². The van der Waals surface area contributed by atoms with Gasteiger partial charge in [-0.25, -0.2) is 4.39 Å². The number of hydrogen-bond donors (Lipinski definition) is 0. The smallest absolute Gasteiger partial charge is 0.146 e. The van der Waals surface area contributed by atoms with Gasteiger partial charge in [-0.3, -0.25) is 0 Å². The Morgan fingerprint density at radius 2 is 1.33 bits per heavy atom. The lowest BCUT2D eigenvalue weighted by Crippen LogP contribution is -2.47. The van der Waals surface area contributed by atoms with Crippen LogP contribution in [0.5, 0.6) is 0 Å². The van der Waals surface area contributed by atoms with Gasteiger partial charge in [0.2, 0.25) is 0 Å². The zero-order chi connectivity index (χ0) is 14.7. The molecule has 0 radical (unpaired) electrons. The highest BCUT2D eigenvalue weighted by Gasteiger charge is 2.20. The van der Waals surface area contributed by atoms with Crippen LogP contribution in [0.1, 0.15) is 5.56 Å². The van der Waals surface area contributed by atoms with Crippen LogP contribution >= 0.6 is 0 Å². The van der Waals surface area contributed by atoms with Crippen LogP contribution in [0.4, 0.5) is 15.8 Å². The minimum absolute atomic E-state index is 0.177. The van der Waals surface area contributed by atoms with E-state index in [1.807, 2.05) is 36.4 Å². The summed E-state index contributed by atoms with van der Waals surface area (Å²) >= 11 is 0. The molecule has 0 aliphatic carbocycles. The fraction of sp³-hybridized carbons (Fsp3) is 0.235. The summed E-state index contributed by atoms with van der Waals surface area (Å²) in [7, 11) is 0. The van der Waals surface area contributed by atoms with E-state index >= 15 is 0 Å². The molecule has 0 atom stereocenters. The van der Waals surface area contributed by atoms with Crippen molar-refractivity contribution < 1.29 is 4.39 Å². The minimum atomic E-state index is -0.177. The average Bonchev–Trinajstić information content (AvgIpc) is 2.55. The molecule has 0 spiro atoms. The van der Waals surface area contributed by atoms with E-state index in [-0.39, 0.29) is 5.82 Å². The monoisotopic (exact) mass is 281 g/mol. The molecule has 0 amide bonds. The largest absolute Gasteiger partial charge is 0.367 e. The van der Waals surface area contributed by atoms with Crippen molar-refractivity contribution in [1.29, 1.82) is 5.26 Å². The molecule has 2 aromatic rings. The summed E-state index contributed by atoms with van der Waals surface area (Å²) in [5.41, 5.74) is 2.32. The highest BCUT2D eigenvalue weighted by molar-refractivity contribution is 5.60. The molecule has 1 saturated heterocycles. The molecule has 21 heavy (non-hydrogen) atoms. The van der Waals surface area contributed by atoms with E-state index in [1.165, 1.54) is 6.07 Å². The summed E-state index contributed by atoms with van der Waals surface area (Å²) in [5.74, 6) is -0.177. The van der Waals surface area contributed by atoms with Crippen LogP contribution in [0.3, 0.4) is 0 Å². The van der Waals surface area contributed by atoms with Gasteiger partial charge in [0, 0.05) is 26.2 Å². The molecule has 3 nitrogen and oxygen atoms in total. The number of halogens is 1. The second-order valence-corrected chi connectivity index (χ2v) is 5.05. The number of piperazine rings is 1. The van der Waals surface area contributed by atoms with Crippen LogP contribution in [0, 0.1) is 17.1 Å². The van der Waals surface area contributed by atoms with Gasteiger partial charge in [-0.2, -0.15) is 5.26 Å². The van der Waals surface area contributed by atoms with Gasteiger partial charge in [-0.1, -0.05) is 24.3 Å². The van der Waals surface area contributed by atoms with E-state index in [1.54, 1.807) is 6.07 Å². The van der Waals surface area contributed by atoms with Crippen LogP contribution in [0.2, 0.25) is 0 Å². The summed E-state index contributed by atoms with van der Waals surface area (Å²) in [4.78, 5) is 4.25. The number of para-hydroxylation sites is 2. The second-order valence-electron chi connectivity index (χ2n) is 5.05. The van der Waals surface area contributed by atoms with E-state index in [0.29, 0.717) is 11.3 Å². The Bertz CT molecular complexity index is 670. The first-order valence-corrected chi connectivity index (χ1v) is 7.03. The Morgan fingerprint density at radius 1 is 0.810 bits per heavy atom. The molecule has 0 aromatic heterocycles. The zero-order valence-corrected chi connectivity index (χ0v) is 11.7. The Morgan fingerprint density at radius 3 is 1.95 bits per heavy atom. The Balaban J connectivity index is 1.74. The van der Waals surface area contributed by atoms with Crippen molar-refractivity contribution in [2.75, 3.05) is 36.0 Å². The van der Waals surface area contributed by atoms with Gasteiger partial charge >= 0.3 is 0 Å². The van der Waals surface area contributed by atoms with Gasteiger partial charge in [0.15, 0.2) is 0 Å². The molecule has 1 aliphatic heterocycles. The number of hydrogen-bond acceptors (Lipinski definition) is 3. The number of nitrogens with zero attached hydrogens (tertiary/aromatic N) is 3. The molecule has 1 fully saturated rings. The van der Waals surface area contributed by atoms with E-state index in [9.17, 15) is 9.65 Å². The van der Waals surface area contributed by atoms with E-state index in [4.69, 9.17) is 0 Å². The molecule has 0 bridgehead atoms. The summed E-state index contributed by atoms with van der Waals surface area (Å²) in [6, 6.07) is 16.7. The molecule has 106 valence electrons. The molecular formula is C17H16FN3. The van der Waals surface area contributed by atoms with Gasteiger partial charge < -0.3 is 9.80 Å². The molecule has 2 aromatic carbocycles. The van der Waals surface area contributed by atoms with Crippen LogP contribution in [0.25, 0.3) is 0 Å². The van der Waals surface area contributed by atoms with Crippen molar-refractivity contribution in [3.63, 3.8) is 0 Å². The van der Waals surface area contributed by atoms with Crippen molar-refractivity contribution in [3.05, 3.63) is 59.9 Å². The van der Waals surface area contributed by atoms with Gasteiger partial charge in [0.25, 0.3) is 0 Å².